The number of carbonyl (C=O) groups is 1. The van der Waals surface area contributed by atoms with Crippen LogP contribution >= 0.6 is 15.9 Å². The Labute approximate surface area is 183 Å². The first-order valence-electron chi connectivity index (χ1n) is 9.83. The SMILES string of the molecule is CC[C@]1(Nc2nc(Nc3ccc4c(c3)C(C)(C)NC4=O)ncc2Br)C=CC=CC1O. The molecule has 2 atom stereocenters. The number of aliphatic hydroxyl groups is 1. The zero-order chi connectivity index (χ0) is 21.5. The molecule has 7 nitrogen and oxygen atoms in total. The van der Waals surface area contributed by atoms with Gasteiger partial charge in [-0.3, -0.25) is 4.79 Å². The maximum Gasteiger partial charge on any atom is 0.252 e. The van der Waals surface area contributed by atoms with Gasteiger partial charge in [0.05, 0.1) is 21.7 Å². The summed E-state index contributed by atoms with van der Waals surface area (Å²) in [7, 11) is 0. The van der Waals surface area contributed by atoms with E-state index in [0.717, 1.165) is 11.3 Å². The second-order valence-electron chi connectivity index (χ2n) is 8.06. The van der Waals surface area contributed by atoms with Gasteiger partial charge in [0.15, 0.2) is 0 Å². The standard InChI is InChI=1S/C22H24BrN5O2/c1-4-22(10-6-5-7-17(22)29)27-18-16(23)12-24-20(26-18)25-13-8-9-14-15(11-13)21(2,3)28-19(14)30/h5-12,17,29H,4H2,1-3H3,(H,28,30)(H2,24,25,26,27)/t17?,22-/m0/s1. The minimum atomic E-state index is -0.672. The summed E-state index contributed by atoms with van der Waals surface area (Å²) in [6, 6.07) is 5.59. The highest BCUT2D eigenvalue weighted by molar-refractivity contribution is 9.10. The maximum absolute atomic E-state index is 12.1. The summed E-state index contributed by atoms with van der Waals surface area (Å²) in [5.41, 5.74) is 1.33. The van der Waals surface area contributed by atoms with E-state index < -0.39 is 17.2 Å². The average molecular weight is 470 g/mol. The lowest BCUT2D eigenvalue weighted by Gasteiger charge is -2.36. The van der Waals surface area contributed by atoms with Crippen molar-refractivity contribution in [3.8, 4) is 0 Å². The van der Waals surface area contributed by atoms with Crippen LogP contribution in [0.1, 0.15) is 43.1 Å². The van der Waals surface area contributed by atoms with Crippen molar-refractivity contribution < 1.29 is 9.90 Å². The topological polar surface area (TPSA) is 99.2 Å². The number of halogens is 1. The largest absolute Gasteiger partial charge is 0.386 e. The van der Waals surface area contributed by atoms with Crippen LogP contribution in [-0.2, 0) is 5.54 Å². The van der Waals surface area contributed by atoms with Gasteiger partial charge >= 0.3 is 0 Å². The third-order valence-electron chi connectivity index (χ3n) is 5.63. The number of hydrogen-bond acceptors (Lipinski definition) is 6. The van der Waals surface area contributed by atoms with Crippen LogP contribution in [0.15, 0.2) is 53.2 Å². The highest BCUT2D eigenvalue weighted by Crippen LogP contribution is 2.34. The molecule has 0 saturated carbocycles. The Bertz CT molecular complexity index is 1070. The molecule has 4 rings (SSSR count). The second-order valence-corrected chi connectivity index (χ2v) is 8.92. The summed E-state index contributed by atoms with van der Waals surface area (Å²) in [5, 5.41) is 20.1. The zero-order valence-electron chi connectivity index (χ0n) is 17.0. The Morgan fingerprint density at radius 3 is 2.83 bits per heavy atom. The molecule has 0 saturated heterocycles. The van der Waals surface area contributed by atoms with E-state index in [-0.39, 0.29) is 5.91 Å². The predicted molar refractivity (Wildman–Crippen MR) is 121 cm³/mol. The van der Waals surface area contributed by atoms with Crippen LogP contribution in [0, 0.1) is 0 Å². The Balaban J connectivity index is 1.61. The van der Waals surface area contributed by atoms with Crippen LogP contribution in [-0.4, -0.2) is 32.6 Å². The highest BCUT2D eigenvalue weighted by Gasteiger charge is 2.36. The molecule has 2 aliphatic rings. The van der Waals surface area contributed by atoms with Gasteiger partial charge in [0.1, 0.15) is 5.82 Å². The molecule has 4 N–H and O–H groups in total. The van der Waals surface area contributed by atoms with Crippen LogP contribution in [0.3, 0.4) is 0 Å². The number of allylic oxidation sites excluding steroid dienone is 2. The first-order chi connectivity index (χ1) is 14.2. The van der Waals surface area contributed by atoms with Crippen molar-refractivity contribution in [1.82, 2.24) is 15.3 Å². The molecule has 1 amide bonds. The normalized spacial score (nSPS) is 23.8. The highest BCUT2D eigenvalue weighted by atomic mass is 79.9. The van der Waals surface area contributed by atoms with Crippen LogP contribution in [0.25, 0.3) is 0 Å². The van der Waals surface area contributed by atoms with E-state index in [1.165, 1.54) is 0 Å². The van der Waals surface area contributed by atoms with Crippen molar-refractivity contribution in [2.75, 3.05) is 10.6 Å². The molecule has 2 aromatic rings. The first-order valence-corrected chi connectivity index (χ1v) is 10.6. The van der Waals surface area contributed by atoms with Crippen LogP contribution in [0.5, 0.6) is 0 Å². The fourth-order valence-electron chi connectivity index (χ4n) is 3.82. The molecule has 0 bridgehead atoms. The summed E-state index contributed by atoms with van der Waals surface area (Å²) in [5.74, 6) is 0.921. The van der Waals surface area contributed by atoms with Crippen molar-refractivity contribution in [2.45, 2.75) is 44.4 Å². The number of nitrogens with zero attached hydrogens (tertiary/aromatic N) is 2. The maximum atomic E-state index is 12.1. The number of aromatic nitrogens is 2. The summed E-state index contributed by atoms with van der Waals surface area (Å²) in [6.45, 7) is 5.95. The minimum Gasteiger partial charge on any atom is -0.386 e. The number of nitrogens with one attached hydrogen (secondary N) is 3. The lowest BCUT2D eigenvalue weighted by Crippen LogP contribution is -2.47. The first kappa shape index (κ1) is 20.6. The Morgan fingerprint density at radius 2 is 2.10 bits per heavy atom. The van der Waals surface area contributed by atoms with E-state index in [9.17, 15) is 9.90 Å². The molecule has 2 heterocycles. The second kappa shape index (κ2) is 7.52. The lowest BCUT2D eigenvalue weighted by molar-refractivity contribution is 0.0940. The number of benzene rings is 1. The minimum absolute atomic E-state index is 0.0639. The molecule has 1 aliphatic carbocycles. The number of anilines is 3. The summed E-state index contributed by atoms with van der Waals surface area (Å²) in [4.78, 5) is 21.1. The van der Waals surface area contributed by atoms with Gasteiger partial charge in [-0.2, -0.15) is 4.98 Å². The number of aliphatic hydroxyl groups excluding tert-OH is 1. The zero-order valence-corrected chi connectivity index (χ0v) is 18.6. The van der Waals surface area contributed by atoms with Gasteiger partial charge in [-0.15, -0.1) is 0 Å². The molecule has 0 radical (unpaired) electrons. The molecule has 0 fully saturated rings. The molecule has 0 spiro atoms. The van der Waals surface area contributed by atoms with Crippen molar-refractivity contribution in [1.29, 1.82) is 0 Å². The van der Waals surface area contributed by atoms with E-state index in [0.29, 0.717) is 28.2 Å². The van der Waals surface area contributed by atoms with E-state index in [2.05, 4.69) is 41.8 Å². The predicted octanol–water partition coefficient (Wildman–Crippen LogP) is 4.01. The smallest absolute Gasteiger partial charge is 0.252 e. The molecule has 30 heavy (non-hydrogen) atoms. The van der Waals surface area contributed by atoms with Crippen molar-refractivity contribution in [2.24, 2.45) is 0 Å². The van der Waals surface area contributed by atoms with Crippen molar-refractivity contribution in [3.63, 3.8) is 0 Å². The molecule has 1 unspecified atom stereocenters. The lowest BCUT2D eigenvalue weighted by atomic mass is 9.86. The third-order valence-corrected chi connectivity index (χ3v) is 6.21. The van der Waals surface area contributed by atoms with Crippen molar-refractivity contribution >= 4 is 39.3 Å². The van der Waals surface area contributed by atoms with Crippen LogP contribution in [0.4, 0.5) is 17.5 Å². The average Bonchev–Trinajstić information content (AvgIpc) is 2.94. The number of rotatable bonds is 5. The number of amides is 1. The van der Waals surface area contributed by atoms with Gasteiger partial charge in [0, 0.05) is 17.4 Å². The van der Waals surface area contributed by atoms with E-state index in [4.69, 9.17) is 0 Å². The fourth-order valence-corrected chi connectivity index (χ4v) is 4.11. The fraction of sp³-hybridized carbons (Fsp3) is 0.318. The summed E-state index contributed by atoms with van der Waals surface area (Å²) >= 11 is 3.49. The van der Waals surface area contributed by atoms with Gasteiger partial charge in [-0.05, 0) is 60.0 Å². The Morgan fingerprint density at radius 1 is 1.30 bits per heavy atom. The quantitative estimate of drug-likeness (QED) is 0.527. The van der Waals surface area contributed by atoms with Gasteiger partial charge in [-0.1, -0.05) is 31.2 Å². The van der Waals surface area contributed by atoms with Crippen molar-refractivity contribution in [3.05, 3.63) is 64.3 Å². The number of fused-ring (bicyclic) bond motifs is 1. The van der Waals surface area contributed by atoms with Gasteiger partial charge in [0.25, 0.3) is 5.91 Å². The molecule has 1 aromatic heterocycles. The summed E-state index contributed by atoms with van der Waals surface area (Å²) in [6.07, 6.45) is 9.12. The molecular weight excluding hydrogens is 446 g/mol. The van der Waals surface area contributed by atoms with Gasteiger partial charge in [0.2, 0.25) is 5.95 Å². The number of hydrogen-bond donors (Lipinski definition) is 4. The number of carbonyl (C=O) groups excluding carboxylic acids is 1. The van der Waals surface area contributed by atoms with E-state index in [1.807, 2.05) is 51.1 Å². The van der Waals surface area contributed by atoms with Crippen LogP contribution < -0.4 is 16.0 Å². The molecule has 156 valence electrons. The molecule has 8 heteroatoms. The molecule has 1 aromatic carbocycles. The Hall–Kier alpha value is -2.71. The summed E-state index contributed by atoms with van der Waals surface area (Å²) < 4.78 is 0.695. The third kappa shape index (κ3) is 3.61. The molecule has 1 aliphatic heterocycles. The van der Waals surface area contributed by atoms with E-state index in [1.54, 1.807) is 18.3 Å². The Kier molecular flexibility index (Phi) is 5.15. The van der Waals surface area contributed by atoms with Crippen LogP contribution in [0.2, 0.25) is 0 Å². The van der Waals surface area contributed by atoms with Gasteiger partial charge in [-0.25, -0.2) is 4.98 Å². The molecular formula is C22H24BrN5O2. The monoisotopic (exact) mass is 469 g/mol. The van der Waals surface area contributed by atoms with Gasteiger partial charge < -0.3 is 21.1 Å². The van der Waals surface area contributed by atoms with E-state index >= 15 is 0 Å².